The molecule has 1 aromatic carbocycles. The standard InChI is InChI=1S/C16H19N3S/c1-12(14-6-4-3-5-7-14)18-16(20)19-13(2)15-8-10-17-11-9-15/h3-13H,1-2H3,(H2,18,19,20). The van der Waals surface area contributed by atoms with Gasteiger partial charge in [-0.05, 0) is 49.3 Å². The topological polar surface area (TPSA) is 37.0 Å². The van der Waals surface area contributed by atoms with Crippen LogP contribution >= 0.6 is 12.2 Å². The smallest absolute Gasteiger partial charge is 0.167 e. The molecule has 0 spiro atoms. The zero-order valence-corrected chi connectivity index (χ0v) is 12.5. The average molecular weight is 285 g/mol. The Bertz CT molecular complexity index is 493. The number of pyridine rings is 1. The van der Waals surface area contributed by atoms with E-state index in [9.17, 15) is 0 Å². The van der Waals surface area contributed by atoms with Crippen LogP contribution in [0.15, 0.2) is 54.9 Å². The number of nitrogens with one attached hydrogen (secondary N) is 2. The van der Waals surface area contributed by atoms with Crippen molar-refractivity contribution in [2.75, 3.05) is 0 Å². The summed E-state index contributed by atoms with van der Waals surface area (Å²) in [5, 5.41) is 7.25. The van der Waals surface area contributed by atoms with Gasteiger partial charge < -0.3 is 10.6 Å². The highest BCUT2D eigenvalue weighted by Crippen LogP contribution is 2.13. The number of hydrogen-bond acceptors (Lipinski definition) is 2. The first kappa shape index (κ1) is 14.5. The Hall–Kier alpha value is -1.94. The van der Waals surface area contributed by atoms with Crippen molar-refractivity contribution in [2.24, 2.45) is 0 Å². The number of rotatable bonds is 4. The molecule has 2 atom stereocenters. The summed E-state index contributed by atoms with van der Waals surface area (Å²) in [4.78, 5) is 4.02. The molecule has 2 N–H and O–H groups in total. The fourth-order valence-electron chi connectivity index (χ4n) is 2.00. The van der Waals surface area contributed by atoms with Crippen LogP contribution in [0.1, 0.15) is 37.1 Å². The molecule has 104 valence electrons. The van der Waals surface area contributed by atoms with Crippen molar-refractivity contribution in [1.82, 2.24) is 15.6 Å². The van der Waals surface area contributed by atoms with Gasteiger partial charge in [-0.1, -0.05) is 30.3 Å². The van der Waals surface area contributed by atoms with Gasteiger partial charge >= 0.3 is 0 Å². The highest BCUT2D eigenvalue weighted by molar-refractivity contribution is 7.80. The van der Waals surface area contributed by atoms with Gasteiger partial charge in [0.1, 0.15) is 0 Å². The molecule has 0 saturated carbocycles. The van der Waals surface area contributed by atoms with E-state index in [1.807, 2.05) is 30.3 Å². The molecule has 1 aromatic heterocycles. The first-order chi connectivity index (χ1) is 9.66. The largest absolute Gasteiger partial charge is 0.356 e. The van der Waals surface area contributed by atoms with Crippen molar-refractivity contribution >= 4 is 17.3 Å². The minimum absolute atomic E-state index is 0.154. The predicted octanol–water partition coefficient (Wildman–Crippen LogP) is 3.37. The van der Waals surface area contributed by atoms with Crippen molar-refractivity contribution in [3.05, 3.63) is 66.0 Å². The molecule has 0 aliphatic heterocycles. The predicted molar refractivity (Wildman–Crippen MR) is 86.4 cm³/mol. The van der Waals surface area contributed by atoms with Crippen molar-refractivity contribution in [1.29, 1.82) is 0 Å². The summed E-state index contributed by atoms with van der Waals surface area (Å²) in [6, 6.07) is 14.6. The van der Waals surface area contributed by atoms with Gasteiger partial charge in [0, 0.05) is 12.4 Å². The van der Waals surface area contributed by atoms with Gasteiger partial charge in [-0.3, -0.25) is 4.98 Å². The van der Waals surface area contributed by atoms with Gasteiger partial charge in [0.05, 0.1) is 12.1 Å². The molecule has 4 heteroatoms. The maximum atomic E-state index is 5.37. The van der Waals surface area contributed by atoms with Gasteiger partial charge in [0.25, 0.3) is 0 Å². The molecule has 0 radical (unpaired) electrons. The van der Waals surface area contributed by atoms with E-state index in [4.69, 9.17) is 12.2 Å². The summed E-state index contributed by atoms with van der Waals surface area (Å²) in [6.45, 7) is 4.18. The highest BCUT2D eigenvalue weighted by atomic mass is 32.1. The maximum absolute atomic E-state index is 5.37. The third kappa shape index (κ3) is 4.03. The molecular weight excluding hydrogens is 266 g/mol. The van der Waals surface area contributed by atoms with Crippen LogP contribution in [-0.2, 0) is 0 Å². The van der Waals surface area contributed by atoms with E-state index in [0.717, 1.165) is 5.56 Å². The van der Waals surface area contributed by atoms with Crippen molar-refractivity contribution in [2.45, 2.75) is 25.9 Å². The summed E-state index contributed by atoms with van der Waals surface area (Å²) in [7, 11) is 0. The molecule has 2 rings (SSSR count). The first-order valence-corrected chi connectivity index (χ1v) is 7.09. The van der Waals surface area contributed by atoms with Crippen LogP contribution < -0.4 is 10.6 Å². The molecule has 2 aromatic rings. The van der Waals surface area contributed by atoms with Crippen LogP contribution in [0.5, 0.6) is 0 Å². The molecule has 20 heavy (non-hydrogen) atoms. The van der Waals surface area contributed by atoms with Crippen molar-refractivity contribution in [3.63, 3.8) is 0 Å². The first-order valence-electron chi connectivity index (χ1n) is 6.68. The minimum Gasteiger partial charge on any atom is -0.356 e. The normalized spacial score (nSPS) is 13.3. The van der Waals surface area contributed by atoms with Crippen LogP contribution in [-0.4, -0.2) is 10.1 Å². The van der Waals surface area contributed by atoms with E-state index in [2.05, 4.69) is 41.6 Å². The second-order valence-corrected chi connectivity index (χ2v) is 5.16. The summed E-state index contributed by atoms with van der Waals surface area (Å²) in [5.41, 5.74) is 2.38. The zero-order chi connectivity index (χ0) is 14.4. The second kappa shape index (κ2) is 7.01. The van der Waals surface area contributed by atoms with Crippen molar-refractivity contribution in [3.8, 4) is 0 Å². The second-order valence-electron chi connectivity index (χ2n) is 4.75. The van der Waals surface area contributed by atoms with Gasteiger partial charge in [-0.2, -0.15) is 0 Å². The SMILES string of the molecule is CC(NC(=S)NC(C)c1ccncc1)c1ccccc1. The monoisotopic (exact) mass is 285 g/mol. The number of aromatic nitrogens is 1. The molecule has 2 unspecified atom stereocenters. The molecule has 1 heterocycles. The summed E-state index contributed by atoms with van der Waals surface area (Å²) in [6.07, 6.45) is 3.58. The Morgan fingerprint density at radius 2 is 1.40 bits per heavy atom. The summed E-state index contributed by atoms with van der Waals surface area (Å²) in [5.74, 6) is 0. The van der Waals surface area contributed by atoms with E-state index in [-0.39, 0.29) is 12.1 Å². The molecule has 0 aliphatic rings. The van der Waals surface area contributed by atoms with Crippen LogP contribution in [0.4, 0.5) is 0 Å². The lowest BCUT2D eigenvalue weighted by molar-refractivity contribution is 0.655. The fourth-order valence-corrected chi connectivity index (χ4v) is 2.35. The molecule has 0 fully saturated rings. The minimum atomic E-state index is 0.154. The summed E-state index contributed by atoms with van der Waals surface area (Å²) >= 11 is 5.37. The molecule has 0 aliphatic carbocycles. The molecular formula is C16H19N3S. The van der Waals surface area contributed by atoms with Crippen molar-refractivity contribution < 1.29 is 0 Å². The van der Waals surface area contributed by atoms with E-state index < -0.39 is 0 Å². The third-order valence-corrected chi connectivity index (χ3v) is 3.44. The fraction of sp³-hybridized carbons (Fsp3) is 0.250. The molecule has 0 amide bonds. The van der Waals surface area contributed by atoms with Gasteiger partial charge in [-0.25, -0.2) is 0 Å². The Kier molecular flexibility index (Phi) is 5.07. The molecule has 0 bridgehead atoms. The Morgan fingerprint density at radius 3 is 1.95 bits per heavy atom. The lowest BCUT2D eigenvalue weighted by atomic mass is 10.1. The number of nitrogens with zero attached hydrogens (tertiary/aromatic N) is 1. The van der Waals surface area contributed by atoms with E-state index >= 15 is 0 Å². The van der Waals surface area contributed by atoms with E-state index in [0.29, 0.717) is 5.11 Å². The third-order valence-electron chi connectivity index (χ3n) is 3.20. The molecule has 3 nitrogen and oxygen atoms in total. The zero-order valence-electron chi connectivity index (χ0n) is 11.7. The Morgan fingerprint density at radius 1 is 0.900 bits per heavy atom. The molecule has 0 saturated heterocycles. The van der Waals surface area contributed by atoms with E-state index in [1.54, 1.807) is 12.4 Å². The number of thiocarbonyl (C=S) groups is 1. The Balaban J connectivity index is 1.90. The van der Waals surface area contributed by atoms with Gasteiger partial charge in [-0.15, -0.1) is 0 Å². The highest BCUT2D eigenvalue weighted by Gasteiger charge is 2.09. The van der Waals surface area contributed by atoms with Gasteiger partial charge in [0.2, 0.25) is 0 Å². The maximum Gasteiger partial charge on any atom is 0.167 e. The van der Waals surface area contributed by atoms with Crippen LogP contribution in [0.2, 0.25) is 0 Å². The van der Waals surface area contributed by atoms with Gasteiger partial charge in [0.15, 0.2) is 5.11 Å². The Labute approximate surface area is 125 Å². The van der Waals surface area contributed by atoms with Crippen LogP contribution in [0.25, 0.3) is 0 Å². The lowest BCUT2D eigenvalue weighted by Crippen LogP contribution is -2.38. The summed E-state index contributed by atoms with van der Waals surface area (Å²) < 4.78 is 0. The number of hydrogen-bond donors (Lipinski definition) is 2. The average Bonchev–Trinajstić information content (AvgIpc) is 2.49. The lowest BCUT2D eigenvalue weighted by Gasteiger charge is -2.21. The van der Waals surface area contributed by atoms with Crippen LogP contribution in [0.3, 0.4) is 0 Å². The van der Waals surface area contributed by atoms with E-state index in [1.165, 1.54) is 5.56 Å². The number of benzene rings is 1. The quantitative estimate of drug-likeness (QED) is 0.845. The van der Waals surface area contributed by atoms with Crippen LogP contribution in [0, 0.1) is 0 Å².